The summed E-state index contributed by atoms with van der Waals surface area (Å²) < 4.78 is 0. The van der Waals surface area contributed by atoms with Crippen molar-refractivity contribution in [2.75, 3.05) is 11.9 Å². The Hall–Kier alpha value is -1.94. The predicted octanol–water partition coefficient (Wildman–Crippen LogP) is 2.45. The summed E-state index contributed by atoms with van der Waals surface area (Å²) in [6.07, 6.45) is 6.37. The van der Waals surface area contributed by atoms with E-state index in [1.165, 1.54) is 35.2 Å². The summed E-state index contributed by atoms with van der Waals surface area (Å²) in [5.74, 6) is 1.09. The van der Waals surface area contributed by atoms with Crippen molar-refractivity contribution < 1.29 is 0 Å². The normalized spacial score (nSPS) is 13.8. The largest absolute Gasteiger partial charge is 0.355 e. The van der Waals surface area contributed by atoms with Gasteiger partial charge in [-0.15, -0.1) is 0 Å². The highest BCUT2D eigenvalue weighted by Gasteiger charge is 2.17. The number of aromatic nitrogens is 2. The summed E-state index contributed by atoms with van der Waals surface area (Å²) in [6, 6.07) is 8.48. The van der Waals surface area contributed by atoms with Gasteiger partial charge in [0.1, 0.15) is 12.1 Å². The smallest absolute Gasteiger partial charge is 0.135 e. The minimum Gasteiger partial charge on any atom is -0.355 e. The van der Waals surface area contributed by atoms with Crippen molar-refractivity contribution in [2.45, 2.75) is 38.8 Å². The third-order valence-electron chi connectivity index (χ3n) is 4.14. The van der Waals surface area contributed by atoms with E-state index in [2.05, 4.69) is 46.2 Å². The van der Waals surface area contributed by atoms with Crippen molar-refractivity contribution in [1.29, 1.82) is 0 Å². The first kappa shape index (κ1) is 14.0. The number of aryl methyl sites for hydroxylation is 1. The molecule has 110 valence electrons. The topological polar surface area (TPSA) is 55.0 Å². The zero-order valence-corrected chi connectivity index (χ0v) is 12.5. The SMILES string of the molecule is CN(Cc1ccc(CN)cc1)c1ncnc2c1CCCC2. The molecule has 1 aliphatic carbocycles. The Morgan fingerprint density at radius 2 is 1.76 bits per heavy atom. The Balaban J connectivity index is 1.80. The highest BCUT2D eigenvalue weighted by atomic mass is 15.2. The lowest BCUT2D eigenvalue weighted by Crippen LogP contribution is -2.22. The van der Waals surface area contributed by atoms with Crippen LogP contribution in [-0.4, -0.2) is 17.0 Å². The van der Waals surface area contributed by atoms with Gasteiger partial charge in [0.25, 0.3) is 0 Å². The molecule has 4 heteroatoms. The van der Waals surface area contributed by atoms with E-state index in [1.807, 2.05) is 0 Å². The van der Waals surface area contributed by atoms with Gasteiger partial charge in [-0.1, -0.05) is 24.3 Å². The fourth-order valence-corrected chi connectivity index (χ4v) is 2.96. The molecule has 0 fully saturated rings. The number of hydrogen-bond acceptors (Lipinski definition) is 4. The second-order valence-electron chi connectivity index (χ2n) is 5.71. The van der Waals surface area contributed by atoms with Crippen molar-refractivity contribution in [1.82, 2.24) is 9.97 Å². The predicted molar refractivity (Wildman–Crippen MR) is 85.1 cm³/mol. The van der Waals surface area contributed by atoms with Crippen LogP contribution in [0.25, 0.3) is 0 Å². The van der Waals surface area contributed by atoms with Gasteiger partial charge in [-0.3, -0.25) is 0 Å². The third kappa shape index (κ3) is 3.05. The van der Waals surface area contributed by atoms with Crippen LogP contribution < -0.4 is 10.6 Å². The Kier molecular flexibility index (Phi) is 4.15. The van der Waals surface area contributed by atoms with Crippen LogP contribution in [0.4, 0.5) is 5.82 Å². The number of benzene rings is 1. The highest BCUT2D eigenvalue weighted by molar-refractivity contribution is 5.49. The third-order valence-corrected chi connectivity index (χ3v) is 4.14. The van der Waals surface area contributed by atoms with Gasteiger partial charge in [0, 0.05) is 31.4 Å². The number of nitrogens with zero attached hydrogens (tertiary/aromatic N) is 3. The number of rotatable bonds is 4. The molecule has 0 atom stereocenters. The number of hydrogen-bond donors (Lipinski definition) is 1. The molecular formula is C17H22N4. The first-order valence-electron chi connectivity index (χ1n) is 7.59. The summed E-state index contributed by atoms with van der Waals surface area (Å²) >= 11 is 0. The zero-order chi connectivity index (χ0) is 14.7. The molecule has 3 rings (SSSR count). The molecule has 0 saturated carbocycles. The fourth-order valence-electron chi connectivity index (χ4n) is 2.96. The summed E-state index contributed by atoms with van der Waals surface area (Å²) in [7, 11) is 2.11. The van der Waals surface area contributed by atoms with E-state index < -0.39 is 0 Å². The van der Waals surface area contributed by atoms with Crippen molar-refractivity contribution >= 4 is 5.82 Å². The number of nitrogens with two attached hydrogens (primary N) is 1. The summed E-state index contributed by atoms with van der Waals surface area (Å²) in [5.41, 5.74) is 10.7. The van der Waals surface area contributed by atoms with E-state index in [9.17, 15) is 0 Å². The molecule has 0 unspecified atom stereocenters. The lowest BCUT2D eigenvalue weighted by Gasteiger charge is -2.24. The summed E-state index contributed by atoms with van der Waals surface area (Å²) in [5, 5.41) is 0. The second kappa shape index (κ2) is 6.22. The van der Waals surface area contributed by atoms with Crippen molar-refractivity contribution in [3.63, 3.8) is 0 Å². The maximum Gasteiger partial charge on any atom is 0.135 e. The van der Waals surface area contributed by atoms with Crippen LogP contribution in [0.15, 0.2) is 30.6 Å². The minimum absolute atomic E-state index is 0.593. The lowest BCUT2D eigenvalue weighted by molar-refractivity contribution is 0.658. The zero-order valence-electron chi connectivity index (χ0n) is 12.5. The number of fused-ring (bicyclic) bond motifs is 1. The first-order valence-corrected chi connectivity index (χ1v) is 7.59. The molecule has 0 spiro atoms. The average molecular weight is 282 g/mol. The number of anilines is 1. The van der Waals surface area contributed by atoms with Crippen molar-refractivity contribution in [3.05, 3.63) is 53.0 Å². The van der Waals surface area contributed by atoms with E-state index in [4.69, 9.17) is 5.73 Å². The highest BCUT2D eigenvalue weighted by Crippen LogP contribution is 2.27. The van der Waals surface area contributed by atoms with E-state index in [0.29, 0.717) is 6.54 Å². The molecule has 0 bridgehead atoms. The molecule has 1 aliphatic rings. The molecule has 4 nitrogen and oxygen atoms in total. The fraction of sp³-hybridized carbons (Fsp3) is 0.412. The second-order valence-corrected chi connectivity index (χ2v) is 5.71. The summed E-state index contributed by atoms with van der Waals surface area (Å²) in [4.78, 5) is 11.2. The Morgan fingerprint density at radius 1 is 1.05 bits per heavy atom. The van der Waals surface area contributed by atoms with Gasteiger partial charge in [-0.05, 0) is 36.8 Å². The molecule has 1 heterocycles. The molecule has 21 heavy (non-hydrogen) atoms. The van der Waals surface area contributed by atoms with Crippen LogP contribution in [0.5, 0.6) is 0 Å². The molecule has 0 amide bonds. The molecule has 1 aromatic heterocycles. The quantitative estimate of drug-likeness (QED) is 0.936. The van der Waals surface area contributed by atoms with Crippen molar-refractivity contribution in [3.8, 4) is 0 Å². The summed E-state index contributed by atoms with van der Waals surface area (Å²) in [6.45, 7) is 1.45. The first-order chi connectivity index (χ1) is 10.3. The van der Waals surface area contributed by atoms with Gasteiger partial charge in [-0.25, -0.2) is 9.97 Å². The molecule has 2 N–H and O–H groups in total. The minimum atomic E-state index is 0.593. The standard InChI is InChI=1S/C17H22N4/c1-21(11-14-8-6-13(10-18)7-9-14)17-15-4-2-3-5-16(15)19-12-20-17/h6-9,12H,2-5,10-11,18H2,1H3. The van der Waals surface area contributed by atoms with Crippen LogP contribution >= 0.6 is 0 Å². The van der Waals surface area contributed by atoms with Crippen LogP contribution in [0.2, 0.25) is 0 Å². The Morgan fingerprint density at radius 3 is 2.52 bits per heavy atom. The van der Waals surface area contributed by atoms with E-state index in [-0.39, 0.29) is 0 Å². The van der Waals surface area contributed by atoms with Gasteiger partial charge >= 0.3 is 0 Å². The van der Waals surface area contributed by atoms with Gasteiger partial charge in [0.05, 0.1) is 0 Å². The van der Waals surface area contributed by atoms with Gasteiger partial charge in [0.15, 0.2) is 0 Å². The van der Waals surface area contributed by atoms with Gasteiger partial charge in [0.2, 0.25) is 0 Å². The molecule has 1 aromatic carbocycles. The van der Waals surface area contributed by atoms with Gasteiger partial charge < -0.3 is 10.6 Å². The molecule has 0 saturated heterocycles. The molecule has 0 radical (unpaired) electrons. The maximum atomic E-state index is 5.64. The Bertz CT molecular complexity index is 607. The molecular weight excluding hydrogens is 260 g/mol. The van der Waals surface area contributed by atoms with Gasteiger partial charge in [-0.2, -0.15) is 0 Å². The average Bonchev–Trinajstić information content (AvgIpc) is 2.55. The van der Waals surface area contributed by atoms with Crippen LogP contribution in [0.3, 0.4) is 0 Å². The van der Waals surface area contributed by atoms with Crippen LogP contribution in [0, 0.1) is 0 Å². The maximum absolute atomic E-state index is 5.64. The Labute approximate surface area is 126 Å². The van der Waals surface area contributed by atoms with Crippen molar-refractivity contribution in [2.24, 2.45) is 5.73 Å². The molecule has 2 aromatic rings. The van der Waals surface area contributed by atoms with E-state index >= 15 is 0 Å². The van der Waals surface area contributed by atoms with Crippen LogP contribution in [-0.2, 0) is 25.9 Å². The monoisotopic (exact) mass is 282 g/mol. The van der Waals surface area contributed by atoms with E-state index in [0.717, 1.165) is 25.2 Å². The molecule has 0 aliphatic heterocycles. The van der Waals surface area contributed by atoms with E-state index in [1.54, 1.807) is 6.33 Å². The lowest BCUT2D eigenvalue weighted by atomic mass is 9.96. The van der Waals surface area contributed by atoms with Crippen LogP contribution in [0.1, 0.15) is 35.2 Å².